The number of unbranched alkanes of at least 4 members (excludes halogenated alkanes) is 32. The van der Waals surface area contributed by atoms with Crippen molar-refractivity contribution < 1.29 is 28.6 Å². The zero-order chi connectivity index (χ0) is 45.1. The topological polar surface area (TPSA) is 78.9 Å². The molecule has 0 aliphatic rings. The molecule has 0 aromatic carbocycles. The van der Waals surface area contributed by atoms with Crippen LogP contribution in [0.3, 0.4) is 0 Å². The molecule has 0 aromatic heterocycles. The van der Waals surface area contributed by atoms with E-state index < -0.39 is 6.10 Å². The van der Waals surface area contributed by atoms with Crippen LogP contribution in [0.15, 0.2) is 48.6 Å². The summed E-state index contributed by atoms with van der Waals surface area (Å²) in [5.74, 6) is -0.889. The summed E-state index contributed by atoms with van der Waals surface area (Å²) in [5.41, 5.74) is 0. The van der Waals surface area contributed by atoms with Crippen LogP contribution in [0.4, 0.5) is 0 Å². The van der Waals surface area contributed by atoms with Crippen molar-refractivity contribution in [3.8, 4) is 0 Å². The van der Waals surface area contributed by atoms with Crippen molar-refractivity contribution >= 4 is 17.9 Å². The molecule has 1 unspecified atom stereocenters. The van der Waals surface area contributed by atoms with Gasteiger partial charge in [-0.1, -0.05) is 256 Å². The molecule has 0 spiro atoms. The maximum absolute atomic E-state index is 12.8. The van der Waals surface area contributed by atoms with Gasteiger partial charge in [-0.05, 0) is 44.9 Å². The van der Waals surface area contributed by atoms with Crippen molar-refractivity contribution in [3.05, 3.63) is 48.6 Å². The second-order valence-electron chi connectivity index (χ2n) is 17.9. The molecule has 0 saturated carbocycles. The van der Waals surface area contributed by atoms with Crippen LogP contribution >= 0.6 is 0 Å². The fourth-order valence-electron chi connectivity index (χ4n) is 7.63. The molecule has 0 radical (unpaired) electrons. The first-order valence-electron chi connectivity index (χ1n) is 26.7. The standard InChI is InChI=1S/C56H100O6/c1-4-7-10-13-16-19-22-25-26-27-28-29-32-34-37-40-43-46-49-55(58)61-52-53(62-56(59)50-47-44-41-38-35-31-24-21-18-15-12-9-6-3)51-60-54(57)48-45-42-39-36-33-30-23-20-17-14-11-8-5-2/h16,19,22,25-29,53H,4-15,17-18,20-21,23-24,30-52H2,1-3H3/b19-16-,25-22-,27-26-,29-28-. The highest BCUT2D eigenvalue weighted by molar-refractivity contribution is 5.71. The molecule has 6 nitrogen and oxygen atoms in total. The molecule has 0 saturated heterocycles. The lowest BCUT2D eigenvalue weighted by atomic mass is 10.0. The van der Waals surface area contributed by atoms with E-state index in [0.29, 0.717) is 19.3 Å². The van der Waals surface area contributed by atoms with Crippen molar-refractivity contribution in [2.24, 2.45) is 0 Å². The van der Waals surface area contributed by atoms with Gasteiger partial charge < -0.3 is 14.2 Å². The Kier molecular flexibility index (Phi) is 48.8. The molecule has 0 aliphatic heterocycles. The summed E-state index contributed by atoms with van der Waals surface area (Å²) >= 11 is 0. The Bertz CT molecular complexity index is 1090. The van der Waals surface area contributed by atoms with E-state index in [9.17, 15) is 14.4 Å². The SMILES string of the molecule is CCCCC\C=C/C=C\C=C/C=C\CCCCCCCC(=O)OCC(COC(=O)CCCCCCCCCCCCCCC)OC(=O)CCCCCCCCCCCCCCC. The molecule has 0 N–H and O–H groups in total. The molecule has 0 amide bonds. The molecule has 0 aromatic rings. The van der Waals surface area contributed by atoms with Gasteiger partial charge in [-0.15, -0.1) is 0 Å². The Balaban J connectivity index is 4.39. The van der Waals surface area contributed by atoms with E-state index in [2.05, 4.69) is 69.4 Å². The van der Waals surface area contributed by atoms with Crippen LogP contribution in [-0.2, 0) is 28.6 Å². The third-order valence-electron chi connectivity index (χ3n) is 11.7. The van der Waals surface area contributed by atoms with Crippen LogP contribution in [-0.4, -0.2) is 37.2 Å². The molecule has 62 heavy (non-hydrogen) atoms. The van der Waals surface area contributed by atoms with Crippen molar-refractivity contribution in [2.75, 3.05) is 13.2 Å². The van der Waals surface area contributed by atoms with E-state index in [1.165, 1.54) is 148 Å². The smallest absolute Gasteiger partial charge is 0.306 e. The van der Waals surface area contributed by atoms with E-state index in [1.807, 2.05) is 0 Å². The molecule has 0 fully saturated rings. The highest BCUT2D eigenvalue weighted by Gasteiger charge is 2.19. The first-order chi connectivity index (χ1) is 30.5. The average molecular weight is 869 g/mol. The number of carbonyl (C=O) groups excluding carboxylic acids is 3. The normalized spacial score (nSPS) is 12.4. The van der Waals surface area contributed by atoms with Crippen molar-refractivity contribution in [1.82, 2.24) is 0 Å². The Morgan fingerprint density at radius 2 is 0.581 bits per heavy atom. The monoisotopic (exact) mass is 869 g/mol. The Morgan fingerprint density at radius 3 is 0.935 bits per heavy atom. The van der Waals surface area contributed by atoms with Crippen molar-refractivity contribution in [3.63, 3.8) is 0 Å². The van der Waals surface area contributed by atoms with Gasteiger partial charge in [0.25, 0.3) is 0 Å². The first-order valence-corrected chi connectivity index (χ1v) is 26.7. The lowest BCUT2D eigenvalue weighted by Crippen LogP contribution is -2.30. The summed E-state index contributed by atoms with van der Waals surface area (Å²) in [4.78, 5) is 38.0. The lowest BCUT2D eigenvalue weighted by molar-refractivity contribution is -0.167. The van der Waals surface area contributed by atoms with Crippen LogP contribution in [0.2, 0.25) is 0 Å². The van der Waals surface area contributed by atoms with Gasteiger partial charge in [-0.3, -0.25) is 14.4 Å². The number of allylic oxidation sites excluding steroid dienone is 8. The minimum atomic E-state index is -0.778. The van der Waals surface area contributed by atoms with E-state index in [4.69, 9.17) is 14.2 Å². The molecular formula is C56H100O6. The largest absolute Gasteiger partial charge is 0.462 e. The van der Waals surface area contributed by atoms with Crippen LogP contribution in [0.5, 0.6) is 0 Å². The molecular weight excluding hydrogens is 769 g/mol. The highest BCUT2D eigenvalue weighted by Crippen LogP contribution is 2.16. The molecule has 6 heteroatoms. The number of hydrogen-bond acceptors (Lipinski definition) is 6. The molecule has 0 heterocycles. The Labute approximate surface area is 384 Å². The molecule has 0 rings (SSSR count). The van der Waals surface area contributed by atoms with Gasteiger partial charge in [-0.2, -0.15) is 0 Å². The molecule has 360 valence electrons. The van der Waals surface area contributed by atoms with E-state index in [0.717, 1.165) is 83.5 Å². The van der Waals surface area contributed by atoms with Crippen LogP contribution < -0.4 is 0 Å². The van der Waals surface area contributed by atoms with Gasteiger partial charge in [0.1, 0.15) is 13.2 Å². The zero-order valence-electron chi connectivity index (χ0n) is 41.1. The minimum absolute atomic E-state index is 0.0770. The number of carbonyl (C=O) groups is 3. The number of ether oxygens (including phenoxy) is 3. The predicted molar refractivity (Wildman–Crippen MR) is 265 cm³/mol. The van der Waals surface area contributed by atoms with Crippen molar-refractivity contribution in [1.29, 1.82) is 0 Å². The van der Waals surface area contributed by atoms with Gasteiger partial charge >= 0.3 is 17.9 Å². The van der Waals surface area contributed by atoms with E-state index in [1.54, 1.807) is 0 Å². The molecule has 0 aliphatic carbocycles. The average Bonchev–Trinajstić information content (AvgIpc) is 3.27. The fraction of sp³-hybridized carbons (Fsp3) is 0.804. The summed E-state index contributed by atoms with van der Waals surface area (Å²) in [6.45, 7) is 6.60. The van der Waals surface area contributed by atoms with Gasteiger partial charge in [0.2, 0.25) is 0 Å². The minimum Gasteiger partial charge on any atom is -0.462 e. The maximum Gasteiger partial charge on any atom is 0.306 e. The molecule has 0 bridgehead atoms. The second-order valence-corrected chi connectivity index (χ2v) is 17.9. The third kappa shape index (κ3) is 48.4. The Hall–Kier alpha value is -2.63. The quantitative estimate of drug-likeness (QED) is 0.0262. The number of hydrogen-bond donors (Lipinski definition) is 0. The Morgan fingerprint density at radius 1 is 0.323 bits per heavy atom. The first kappa shape index (κ1) is 59.4. The van der Waals surface area contributed by atoms with Crippen molar-refractivity contribution in [2.45, 2.75) is 277 Å². The maximum atomic E-state index is 12.8. The highest BCUT2D eigenvalue weighted by atomic mass is 16.6. The van der Waals surface area contributed by atoms with E-state index in [-0.39, 0.29) is 31.1 Å². The summed E-state index contributed by atoms with van der Waals surface area (Å²) in [5, 5.41) is 0. The summed E-state index contributed by atoms with van der Waals surface area (Å²) in [7, 11) is 0. The summed E-state index contributed by atoms with van der Waals surface area (Å²) in [6, 6.07) is 0. The van der Waals surface area contributed by atoms with Gasteiger partial charge in [0, 0.05) is 19.3 Å². The second kappa shape index (κ2) is 51.0. The van der Waals surface area contributed by atoms with Crippen LogP contribution in [0, 0.1) is 0 Å². The summed E-state index contributed by atoms with van der Waals surface area (Å²) < 4.78 is 16.8. The fourth-order valence-corrected chi connectivity index (χ4v) is 7.63. The lowest BCUT2D eigenvalue weighted by Gasteiger charge is -2.18. The van der Waals surface area contributed by atoms with Crippen LogP contribution in [0.25, 0.3) is 0 Å². The summed E-state index contributed by atoms with van der Waals surface area (Å²) in [6.07, 6.45) is 60.8. The predicted octanol–water partition coefficient (Wildman–Crippen LogP) is 17.5. The van der Waals surface area contributed by atoms with Gasteiger partial charge in [-0.25, -0.2) is 0 Å². The van der Waals surface area contributed by atoms with Gasteiger partial charge in [0.15, 0.2) is 6.10 Å². The number of rotatable bonds is 48. The zero-order valence-corrected chi connectivity index (χ0v) is 41.1. The number of esters is 3. The molecule has 1 atom stereocenters. The van der Waals surface area contributed by atoms with Crippen LogP contribution in [0.1, 0.15) is 271 Å². The van der Waals surface area contributed by atoms with E-state index >= 15 is 0 Å². The third-order valence-corrected chi connectivity index (χ3v) is 11.7. The van der Waals surface area contributed by atoms with Gasteiger partial charge in [0.05, 0.1) is 0 Å².